The van der Waals surface area contributed by atoms with Crippen LogP contribution in [0.1, 0.15) is 43.5 Å². The summed E-state index contributed by atoms with van der Waals surface area (Å²) in [6.45, 7) is 4.67. The molecule has 0 radical (unpaired) electrons. The van der Waals surface area contributed by atoms with Crippen molar-refractivity contribution < 1.29 is 14.3 Å². The lowest BCUT2D eigenvalue weighted by Crippen LogP contribution is -2.36. The van der Waals surface area contributed by atoms with Gasteiger partial charge in [0.2, 0.25) is 0 Å². The van der Waals surface area contributed by atoms with Crippen molar-refractivity contribution in [2.24, 2.45) is 5.92 Å². The zero-order valence-corrected chi connectivity index (χ0v) is 14.4. The molecule has 1 saturated carbocycles. The van der Waals surface area contributed by atoms with Gasteiger partial charge in [-0.2, -0.15) is 0 Å². The van der Waals surface area contributed by atoms with E-state index in [-0.39, 0.29) is 11.9 Å². The molecule has 0 heterocycles. The van der Waals surface area contributed by atoms with Gasteiger partial charge in [0.15, 0.2) is 11.5 Å². The summed E-state index contributed by atoms with van der Waals surface area (Å²) >= 11 is 6.28. The molecule has 1 aliphatic rings. The Morgan fingerprint density at radius 2 is 2.14 bits per heavy atom. The van der Waals surface area contributed by atoms with Crippen LogP contribution in [0.4, 0.5) is 0 Å². The number of rotatable bonds is 7. The maximum Gasteiger partial charge on any atom is 0.254 e. The Kier molecular flexibility index (Phi) is 5.57. The van der Waals surface area contributed by atoms with E-state index in [4.69, 9.17) is 21.1 Å². The lowest BCUT2D eigenvalue weighted by atomic mass is 10.1. The van der Waals surface area contributed by atoms with Crippen LogP contribution in [0.5, 0.6) is 11.5 Å². The second-order valence-electron chi connectivity index (χ2n) is 5.83. The van der Waals surface area contributed by atoms with Crippen molar-refractivity contribution in [3.63, 3.8) is 0 Å². The Balaban J connectivity index is 2.23. The number of hydrogen-bond donors (Lipinski definition) is 0. The van der Waals surface area contributed by atoms with Crippen LogP contribution < -0.4 is 9.47 Å². The number of carbonyl (C=O) groups is 1. The quantitative estimate of drug-likeness (QED) is 0.760. The van der Waals surface area contributed by atoms with E-state index < -0.39 is 0 Å². The van der Waals surface area contributed by atoms with Gasteiger partial charge in [-0.05, 0) is 44.2 Å². The number of methoxy groups -OCH3 is 1. The molecule has 1 aromatic carbocycles. The van der Waals surface area contributed by atoms with Gasteiger partial charge >= 0.3 is 0 Å². The van der Waals surface area contributed by atoms with Gasteiger partial charge in [0, 0.05) is 18.7 Å². The number of amides is 1. The van der Waals surface area contributed by atoms with E-state index >= 15 is 0 Å². The highest BCUT2D eigenvalue weighted by molar-refractivity contribution is 6.32. The fraction of sp³-hybridized carbons (Fsp3) is 0.588. The smallest absolute Gasteiger partial charge is 0.254 e. The average molecular weight is 326 g/mol. The molecule has 22 heavy (non-hydrogen) atoms. The fourth-order valence-corrected chi connectivity index (χ4v) is 2.74. The predicted octanol–water partition coefficient (Wildman–Crippen LogP) is 4.01. The Morgan fingerprint density at radius 1 is 1.45 bits per heavy atom. The van der Waals surface area contributed by atoms with Crippen molar-refractivity contribution in [1.29, 1.82) is 0 Å². The van der Waals surface area contributed by atoms with E-state index in [1.54, 1.807) is 24.1 Å². The number of nitrogens with zero attached hydrogens (tertiary/aromatic N) is 1. The molecule has 0 spiro atoms. The minimum absolute atomic E-state index is 0.0401. The number of carbonyl (C=O) groups excluding carboxylic acids is 1. The lowest BCUT2D eigenvalue weighted by Gasteiger charge is -2.25. The minimum Gasteiger partial charge on any atom is -0.493 e. The van der Waals surface area contributed by atoms with Crippen LogP contribution in [0.3, 0.4) is 0 Å². The van der Waals surface area contributed by atoms with Crippen LogP contribution in [-0.4, -0.2) is 37.6 Å². The van der Waals surface area contributed by atoms with Gasteiger partial charge < -0.3 is 14.4 Å². The van der Waals surface area contributed by atoms with Crippen molar-refractivity contribution in [2.45, 2.75) is 39.2 Å². The molecule has 1 atom stereocenters. The maximum absolute atomic E-state index is 12.6. The predicted molar refractivity (Wildman–Crippen MR) is 88.1 cm³/mol. The molecule has 1 amide bonds. The first kappa shape index (κ1) is 16.9. The topological polar surface area (TPSA) is 38.8 Å². The third-order valence-corrected chi connectivity index (χ3v) is 4.44. The van der Waals surface area contributed by atoms with Gasteiger partial charge in [-0.25, -0.2) is 0 Å². The second-order valence-corrected chi connectivity index (χ2v) is 6.24. The van der Waals surface area contributed by atoms with Crippen LogP contribution in [-0.2, 0) is 0 Å². The van der Waals surface area contributed by atoms with Gasteiger partial charge in [-0.1, -0.05) is 18.5 Å². The summed E-state index contributed by atoms with van der Waals surface area (Å²) in [7, 11) is 3.39. The summed E-state index contributed by atoms with van der Waals surface area (Å²) in [5.41, 5.74) is 0.528. The zero-order valence-electron chi connectivity index (χ0n) is 13.7. The zero-order chi connectivity index (χ0) is 16.3. The van der Waals surface area contributed by atoms with Crippen LogP contribution in [0.2, 0.25) is 5.02 Å². The van der Waals surface area contributed by atoms with E-state index in [1.165, 1.54) is 12.8 Å². The van der Waals surface area contributed by atoms with Gasteiger partial charge in [0.05, 0.1) is 18.7 Å². The largest absolute Gasteiger partial charge is 0.493 e. The molecule has 1 aromatic rings. The highest BCUT2D eigenvalue weighted by Crippen LogP contribution is 2.38. The first-order valence-electron chi connectivity index (χ1n) is 7.77. The van der Waals surface area contributed by atoms with Crippen LogP contribution >= 0.6 is 11.6 Å². The standard InChI is InChI=1S/C17H24ClNO3/c1-5-8-22-16-14(18)9-13(10-15(16)21-4)17(20)19(3)11(2)12-6-7-12/h9-12H,5-8H2,1-4H3. The second kappa shape index (κ2) is 7.23. The van der Waals surface area contributed by atoms with E-state index in [1.807, 2.05) is 14.0 Å². The SMILES string of the molecule is CCCOc1c(Cl)cc(C(=O)N(C)C(C)C2CC2)cc1OC. The van der Waals surface area contributed by atoms with E-state index in [0.717, 1.165) is 6.42 Å². The highest BCUT2D eigenvalue weighted by atomic mass is 35.5. The summed E-state index contributed by atoms with van der Waals surface area (Å²) in [6.07, 6.45) is 3.28. The summed E-state index contributed by atoms with van der Waals surface area (Å²) in [5.74, 6) is 1.58. The molecule has 1 unspecified atom stereocenters. The molecule has 1 fully saturated rings. The van der Waals surface area contributed by atoms with Crippen molar-refractivity contribution in [3.05, 3.63) is 22.7 Å². The number of ether oxygens (including phenoxy) is 2. The fourth-order valence-electron chi connectivity index (χ4n) is 2.47. The van der Waals surface area contributed by atoms with Crippen molar-refractivity contribution >= 4 is 17.5 Å². The first-order valence-corrected chi connectivity index (χ1v) is 8.14. The summed E-state index contributed by atoms with van der Waals surface area (Å²) in [4.78, 5) is 14.4. The Bertz CT molecular complexity index is 543. The molecular formula is C17H24ClNO3. The van der Waals surface area contributed by atoms with Crippen LogP contribution in [0.15, 0.2) is 12.1 Å². The minimum atomic E-state index is -0.0401. The third-order valence-electron chi connectivity index (χ3n) is 4.16. The lowest BCUT2D eigenvalue weighted by molar-refractivity contribution is 0.0727. The summed E-state index contributed by atoms with van der Waals surface area (Å²) < 4.78 is 11.0. The van der Waals surface area contributed by atoms with Crippen LogP contribution in [0.25, 0.3) is 0 Å². The van der Waals surface area contributed by atoms with Gasteiger partial charge in [0.1, 0.15) is 0 Å². The molecule has 1 aliphatic carbocycles. The molecule has 0 N–H and O–H groups in total. The normalized spacial score (nSPS) is 15.3. The number of halogens is 1. The average Bonchev–Trinajstić information content (AvgIpc) is 3.35. The molecule has 5 heteroatoms. The molecule has 4 nitrogen and oxygen atoms in total. The number of hydrogen-bond acceptors (Lipinski definition) is 3. The molecule has 0 bridgehead atoms. The molecular weight excluding hydrogens is 302 g/mol. The molecule has 0 aromatic heterocycles. The highest BCUT2D eigenvalue weighted by Gasteiger charge is 2.33. The maximum atomic E-state index is 12.6. The summed E-state index contributed by atoms with van der Waals surface area (Å²) in [6, 6.07) is 3.61. The van der Waals surface area contributed by atoms with Crippen LogP contribution in [0, 0.1) is 5.92 Å². The van der Waals surface area contributed by atoms with Crippen molar-refractivity contribution in [2.75, 3.05) is 20.8 Å². The first-order chi connectivity index (χ1) is 10.5. The van der Waals surface area contributed by atoms with E-state index in [2.05, 4.69) is 6.92 Å². The monoisotopic (exact) mass is 325 g/mol. The molecule has 0 aliphatic heterocycles. The van der Waals surface area contributed by atoms with Gasteiger partial charge in [-0.3, -0.25) is 4.79 Å². The molecule has 0 saturated heterocycles. The summed E-state index contributed by atoms with van der Waals surface area (Å²) in [5, 5.41) is 0.406. The van der Waals surface area contributed by atoms with Gasteiger partial charge in [-0.15, -0.1) is 0 Å². The Labute approximate surface area is 137 Å². The van der Waals surface area contributed by atoms with Crippen molar-refractivity contribution in [3.8, 4) is 11.5 Å². The third kappa shape index (κ3) is 3.67. The van der Waals surface area contributed by atoms with E-state index in [0.29, 0.717) is 34.6 Å². The van der Waals surface area contributed by atoms with E-state index in [9.17, 15) is 4.79 Å². The van der Waals surface area contributed by atoms with Gasteiger partial charge in [0.25, 0.3) is 5.91 Å². The molecule has 122 valence electrons. The molecule has 2 rings (SSSR count). The Morgan fingerprint density at radius 3 is 2.68 bits per heavy atom. The Hall–Kier alpha value is -1.42. The van der Waals surface area contributed by atoms with Crippen molar-refractivity contribution in [1.82, 2.24) is 4.90 Å². The number of benzene rings is 1.